The number of nitrogens with one attached hydrogen (secondary N) is 1. The maximum atomic E-state index is 12.1. The van der Waals surface area contributed by atoms with E-state index < -0.39 is 27.0 Å². The molecule has 2 unspecified atom stereocenters. The maximum Gasteiger partial charge on any atom is 0.289 e. The second-order valence-electron chi connectivity index (χ2n) is 4.20. The summed E-state index contributed by atoms with van der Waals surface area (Å²) in [6.45, 7) is 0. The number of carbonyl (C=O) groups is 1. The Morgan fingerprint density at radius 1 is 1.40 bits per heavy atom. The second kappa shape index (κ2) is 5.56. The zero-order chi connectivity index (χ0) is 14.8. The third-order valence-corrected chi connectivity index (χ3v) is 3.75. The zero-order valence-electron chi connectivity index (χ0n) is 10.2. The largest absolute Gasteiger partial charge is 0.369 e. The molecule has 0 bridgehead atoms. The number of benzene rings is 1. The van der Waals surface area contributed by atoms with E-state index in [1.807, 2.05) is 0 Å². The van der Waals surface area contributed by atoms with E-state index in [1.165, 1.54) is 12.2 Å². The highest BCUT2D eigenvalue weighted by Gasteiger charge is 2.49. The fraction of sp³-hybridized carbons (Fsp3) is 0.154. The number of aliphatic hydroxyl groups is 1. The SMILES string of the molecule is O=C(Nc1ccccc1)C1C=CC=C([N+](=O)[O-])C1(O)Br. The molecule has 104 valence electrons. The normalized spacial score (nSPS) is 24.9. The summed E-state index contributed by atoms with van der Waals surface area (Å²) in [4.78, 5) is 22.3. The molecule has 0 saturated heterocycles. The van der Waals surface area contributed by atoms with Crippen LogP contribution in [0.1, 0.15) is 0 Å². The van der Waals surface area contributed by atoms with Gasteiger partial charge in [0.15, 0.2) is 0 Å². The van der Waals surface area contributed by atoms with Crippen molar-refractivity contribution < 1.29 is 14.8 Å². The number of anilines is 1. The summed E-state index contributed by atoms with van der Waals surface area (Å²) in [6, 6.07) is 8.65. The van der Waals surface area contributed by atoms with Gasteiger partial charge in [0.25, 0.3) is 5.70 Å². The molecule has 2 N–H and O–H groups in total. The lowest BCUT2D eigenvalue weighted by Gasteiger charge is -2.27. The molecule has 0 fully saturated rings. The van der Waals surface area contributed by atoms with Crippen LogP contribution in [-0.2, 0) is 4.79 Å². The first-order chi connectivity index (χ1) is 9.43. The topological polar surface area (TPSA) is 92.5 Å². The van der Waals surface area contributed by atoms with Gasteiger partial charge in [-0.3, -0.25) is 14.9 Å². The minimum atomic E-state index is -2.04. The van der Waals surface area contributed by atoms with Crippen LogP contribution in [0.2, 0.25) is 0 Å². The van der Waals surface area contributed by atoms with E-state index in [0.717, 1.165) is 6.08 Å². The molecule has 0 spiro atoms. The number of nitrogens with zero attached hydrogens (tertiary/aromatic N) is 1. The predicted molar refractivity (Wildman–Crippen MR) is 76.7 cm³/mol. The molecule has 1 aromatic carbocycles. The summed E-state index contributed by atoms with van der Waals surface area (Å²) >= 11 is 2.87. The molecular formula is C13H11BrN2O4. The summed E-state index contributed by atoms with van der Waals surface area (Å²) in [6.07, 6.45) is 3.93. The van der Waals surface area contributed by atoms with E-state index in [0.29, 0.717) is 5.69 Å². The Labute approximate surface area is 123 Å². The van der Waals surface area contributed by atoms with Crippen LogP contribution in [-0.4, -0.2) is 20.4 Å². The van der Waals surface area contributed by atoms with Crippen molar-refractivity contribution in [3.8, 4) is 0 Å². The van der Waals surface area contributed by atoms with Crippen molar-refractivity contribution in [2.75, 3.05) is 5.32 Å². The predicted octanol–water partition coefficient (Wildman–Crippen LogP) is 2.06. The van der Waals surface area contributed by atoms with E-state index in [4.69, 9.17) is 0 Å². The van der Waals surface area contributed by atoms with E-state index in [-0.39, 0.29) is 0 Å². The van der Waals surface area contributed by atoms with Gasteiger partial charge in [0, 0.05) is 11.8 Å². The summed E-state index contributed by atoms with van der Waals surface area (Å²) in [5.41, 5.74) is 0.0691. The van der Waals surface area contributed by atoms with Crippen molar-refractivity contribution in [3.63, 3.8) is 0 Å². The highest BCUT2D eigenvalue weighted by atomic mass is 79.9. The lowest BCUT2D eigenvalue weighted by Crippen LogP contribution is -2.43. The van der Waals surface area contributed by atoms with Gasteiger partial charge in [0.2, 0.25) is 10.4 Å². The molecule has 2 rings (SSSR count). The average molecular weight is 339 g/mol. The first-order valence-corrected chi connectivity index (χ1v) is 6.53. The van der Waals surface area contributed by atoms with Crippen molar-refractivity contribution in [2.45, 2.75) is 4.51 Å². The lowest BCUT2D eigenvalue weighted by atomic mass is 9.94. The molecule has 0 aromatic heterocycles. The van der Waals surface area contributed by atoms with Crippen LogP contribution in [0, 0.1) is 16.0 Å². The van der Waals surface area contributed by atoms with Crippen LogP contribution in [0.5, 0.6) is 0 Å². The molecule has 0 radical (unpaired) electrons. The fourth-order valence-electron chi connectivity index (χ4n) is 1.85. The molecule has 2 atom stereocenters. The molecule has 1 aliphatic rings. The van der Waals surface area contributed by atoms with Crippen LogP contribution >= 0.6 is 15.9 Å². The average Bonchev–Trinajstić information content (AvgIpc) is 2.38. The van der Waals surface area contributed by atoms with Crippen molar-refractivity contribution >= 4 is 27.5 Å². The number of para-hydroxylation sites is 1. The van der Waals surface area contributed by atoms with Gasteiger partial charge >= 0.3 is 0 Å². The van der Waals surface area contributed by atoms with Gasteiger partial charge in [-0.2, -0.15) is 0 Å². The molecule has 1 aromatic rings. The second-order valence-corrected chi connectivity index (χ2v) is 5.41. The number of carbonyl (C=O) groups excluding carboxylic acids is 1. The standard InChI is InChI=1S/C13H11BrN2O4/c14-13(18)10(7-4-8-11(13)16(19)20)12(17)15-9-5-2-1-3-6-9/h1-8,10,18H,(H,15,17). The molecule has 0 heterocycles. The lowest BCUT2D eigenvalue weighted by molar-refractivity contribution is -0.439. The molecule has 0 saturated carbocycles. The van der Waals surface area contributed by atoms with Gasteiger partial charge in [-0.15, -0.1) is 0 Å². The van der Waals surface area contributed by atoms with Gasteiger partial charge < -0.3 is 10.4 Å². The molecule has 1 amide bonds. The number of amides is 1. The molecular weight excluding hydrogens is 328 g/mol. The number of alkyl halides is 1. The van der Waals surface area contributed by atoms with Crippen LogP contribution < -0.4 is 5.32 Å². The molecule has 0 aliphatic heterocycles. The van der Waals surface area contributed by atoms with E-state index in [2.05, 4.69) is 21.2 Å². The van der Waals surface area contributed by atoms with E-state index in [1.54, 1.807) is 30.3 Å². The summed E-state index contributed by atoms with van der Waals surface area (Å²) < 4.78 is -2.04. The van der Waals surface area contributed by atoms with E-state index >= 15 is 0 Å². The van der Waals surface area contributed by atoms with Crippen LogP contribution in [0.25, 0.3) is 0 Å². The minimum absolute atomic E-state index is 0.479. The van der Waals surface area contributed by atoms with E-state index in [9.17, 15) is 20.0 Å². The monoisotopic (exact) mass is 338 g/mol. The number of hydrogen-bond acceptors (Lipinski definition) is 4. The molecule has 6 nitrogen and oxygen atoms in total. The minimum Gasteiger partial charge on any atom is -0.369 e. The third kappa shape index (κ3) is 2.78. The quantitative estimate of drug-likeness (QED) is 0.501. The smallest absolute Gasteiger partial charge is 0.289 e. The van der Waals surface area contributed by atoms with Crippen molar-refractivity contribution in [3.05, 3.63) is 64.4 Å². The van der Waals surface area contributed by atoms with Crippen molar-refractivity contribution in [2.24, 2.45) is 5.92 Å². The highest BCUT2D eigenvalue weighted by Crippen LogP contribution is 2.37. The Balaban J connectivity index is 2.21. The van der Waals surface area contributed by atoms with Gasteiger partial charge in [0.1, 0.15) is 5.92 Å². The van der Waals surface area contributed by atoms with Crippen LogP contribution in [0.4, 0.5) is 5.69 Å². The van der Waals surface area contributed by atoms with Gasteiger partial charge in [-0.05, 0) is 28.1 Å². The number of allylic oxidation sites excluding steroid dienone is 2. The first-order valence-electron chi connectivity index (χ1n) is 5.73. The number of hydrogen-bond donors (Lipinski definition) is 2. The maximum absolute atomic E-state index is 12.1. The summed E-state index contributed by atoms with van der Waals surface area (Å²) in [5.74, 6) is -1.65. The summed E-state index contributed by atoms with van der Waals surface area (Å²) in [5, 5.41) is 23.7. The third-order valence-electron chi connectivity index (χ3n) is 2.85. The van der Waals surface area contributed by atoms with Gasteiger partial charge in [0.05, 0.1) is 4.92 Å². The Bertz CT molecular complexity index is 596. The van der Waals surface area contributed by atoms with Gasteiger partial charge in [-0.1, -0.05) is 30.4 Å². The fourth-order valence-corrected chi connectivity index (χ4v) is 2.49. The number of nitro groups is 1. The van der Waals surface area contributed by atoms with Crippen molar-refractivity contribution in [1.29, 1.82) is 0 Å². The van der Waals surface area contributed by atoms with Crippen molar-refractivity contribution in [1.82, 2.24) is 0 Å². The Hall–Kier alpha value is -1.99. The zero-order valence-corrected chi connectivity index (χ0v) is 11.8. The Morgan fingerprint density at radius 2 is 2.05 bits per heavy atom. The Kier molecular flexibility index (Phi) is 4.01. The molecule has 20 heavy (non-hydrogen) atoms. The first kappa shape index (κ1) is 14.4. The molecule has 7 heteroatoms. The Morgan fingerprint density at radius 3 is 2.65 bits per heavy atom. The number of halogens is 1. The number of rotatable bonds is 3. The van der Waals surface area contributed by atoms with Gasteiger partial charge in [-0.25, -0.2) is 0 Å². The van der Waals surface area contributed by atoms with Crippen LogP contribution in [0.3, 0.4) is 0 Å². The van der Waals surface area contributed by atoms with Crippen LogP contribution in [0.15, 0.2) is 54.3 Å². The molecule has 1 aliphatic carbocycles. The summed E-state index contributed by atoms with van der Waals surface area (Å²) in [7, 11) is 0. The highest BCUT2D eigenvalue weighted by molar-refractivity contribution is 9.10.